The van der Waals surface area contributed by atoms with Crippen LogP contribution in [0.3, 0.4) is 0 Å². The molecule has 1 saturated heterocycles. The summed E-state index contributed by atoms with van der Waals surface area (Å²) in [6.45, 7) is 1.19. The summed E-state index contributed by atoms with van der Waals surface area (Å²) in [6, 6.07) is 0.0513. The highest BCUT2D eigenvalue weighted by molar-refractivity contribution is 5.65. The zero-order valence-corrected chi connectivity index (χ0v) is 9.06. The first-order valence-electron chi connectivity index (χ1n) is 5.90. The van der Waals surface area contributed by atoms with E-state index < -0.39 is 6.09 Å². The number of amides is 1. The van der Waals surface area contributed by atoms with Gasteiger partial charge in [0.2, 0.25) is 0 Å². The van der Waals surface area contributed by atoms with Crippen LogP contribution in [0.2, 0.25) is 0 Å². The molecule has 2 aliphatic rings. The molecule has 2 rings (SSSR count). The molecule has 0 aromatic carbocycles. The summed E-state index contributed by atoms with van der Waals surface area (Å²) in [5.74, 6) is 1.42. The van der Waals surface area contributed by atoms with Crippen LogP contribution >= 0.6 is 0 Å². The van der Waals surface area contributed by atoms with E-state index >= 15 is 0 Å². The predicted octanol–water partition coefficient (Wildman–Crippen LogP) is 1.50. The van der Waals surface area contributed by atoms with Gasteiger partial charge in [-0.2, -0.15) is 0 Å². The van der Waals surface area contributed by atoms with Crippen LogP contribution in [0.15, 0.2) is 0 Å². The highest BCUT2D eigenvalue weighted by Crippen LogP contribution is 2.35. The van der Waals surface area contributed by atoms with Crippen molar-refractivity contribution >= 4 is 6.09 Å². The highest BCUT2D eigenvalue weighted by Gasteiger charge is 2.31. The van der Waals surface area contributed by atoms with Crippen molar-refractivity contribution in [3.63, 3.8) is 0 Å². The molecule has 2 unspecified atom stereocenters. The Bertz CT molecular complexity index is 241. The van der Waals surface area contributed by atoms with Gasteiger partial charge in [-0.05, 0) is 24.7 Å². The van der Waals surface area contributed by atoms with Crippen LogP contribution in [0.4, 0.5) is 4.79 Å². The minimum absolute atomic E-state index is 0.0513. The second-order valence-electron chi connectivity index (χ2n) is 4.97. The Hall–Kier alpha value is -0.770. The fourth-order valence-corrected chi connectivity index (χ4v) is 2.65. The third-order valence-corrected chi connectivity index (χ3v) is 3.94. The molecule has 0 radical (unpaired) electrons. The van der Waals surface area contributed by atoms with Crippen LogP contribution in [-0.4, -0.2) is 35.2 Å². The maximum Gasteiger partial charge on any atom is 0.407 e. The van der Waals surface area contributed by atoms with Crippen LogP contribution < -0.4 is 5.73 Å². The van der Waals surface area contributed by atoms with Crippen LogP contribution in [0.1, 0.15) is 32.1 Å². The van der Waals surface area contributed by atoms with E-state index in [1.807, 2.05) is 0 Å². The zero-order valence-electron chi connectivity index (χ0n) is 9.06. The Morgan fingerprint density at radius 1 is 1.40 bits per heavy atom. The van der Waals surface area contributed by atoms with Crippen LogP contribution in [0.5, 0.6) is 0 Å². The number of likely N-dealkylation sites (tertiary alicyclic amines) is 1. The maximum atomic E-state index is 10.8. The number of piperidine rings is 1. The van der Waals surface area contributed by atoms with Gasteiger partial charge in [0.25, 0.3) is 0 Å². The topological polar surface area (TPSA) is 66.6 Å². The van der Waals surface area contributed by atoms with Gasteiger partial charge in [0.05, 0.1) is 0 Å². The van der Waals surface area contributed by atoms with Crippen molar-refractivity contribution in [1.82, 2.24) is 4.90 Å². The number of carbonyl (C=O) groups is 1. The van der Waals surface area contributed by atoms with Crippen molar-refractivity contribution in [3.05, 3.63) is 0 Å². The molecule has 2 fully saturated rings. The highest BCUT2D eigenvalue weighted by atomic mass is 16.4. The quantitative estimate of drug-likeness (QED) is 0.729. The molecule has 2 atom stereocenters. The minimum atomic E-state index is -0.826. The molecule has 0 spiro atoms. The Labute approximate surface area is 90.4 Å². The molecule has 1 heterocycles. The summed E-state index contributed by atoms with van der Waals surface area (Å²) in [5.41, 5.74) is 6.03. The largest absolute Gasteiger partial charge is 0.465 e. The normalized spacial score (nSPS) is 32.5. The molecule has 1 aliphatic carbocycles. The zero-order chi connectivity index (χ0) is 10.8. The van der Waals surface area contributed by atoms with Crippen LogP contribution in [0, 0.1) is 11.8 Å². The number of hydrogen-bond donors (Lipinski definition) is 2. The van der Waals surface area contributed by atoms with Gasteiger partial charge < -0.3 is 15.7 Å². The minimum Gasteiger partial charge on any atom is -0.465 e. The molecule has 3 N–H and O–H groups in total. The summed E-state index contributed by atoms with van der Waals surface area (Å²) in [4.78, 5) is 12.2. The second-order valence-corrected chi connectivity index (χ2v) is 4.97. The Morgan fingerprint density at radius 2 is 2.13 bits per heavy atom. The van der Waals surface area contributed by atoms with Gasteiger partial charge in [0.1, 0.15) is 0 Å². The van der Waals surface area contributed by atoms with E-state index in [1.54, 1.807) is 0 Å². The van der Waals surface area contributed by atoms with E-state index in [4.69, 9.17) is 10.8 Å². The SMILES string of the molecule is NC1CN(C(=O)O)CCC1CC1CCC1. The molecule has 4 heteroatoms. The standard InChI is InChI=1S/C11H20N2O2/c12-10-7-13(11(14)15)5-4-9(10)6-8-2-1-3-8/h8-10H,1-7,12H2,(H,14,15). The lowest BCUT2D eigenvalue weighted by Crippen LogP contribution is -2.50. The first kappa shape index (κ1) is 10.7. The summed E-state index contributed by atoms with van der Waals surface area (Å²) in [5, 5.41) is 8.85. The molecule has 4 nitrogen and oxygen atoms in total. The summed E-state index contributed by atoms with van der Waals surface area (Å²) >= 11 is 0. The fraction of sp³-hybridized carbons (Fsp3) is 0.909. The smallest absolute Gasteiger partial charge is 0.407 e. The molecule has 1 aliphatic heterocycles. The van der Waals surface area contributed by atoms with Crippen molar-refractivity contribution in [2.24, 2.45) is 17.6 Å². The summed E-state index contributed by atoms with van der Waals surface area (Å²) < 4.78 is 0. The van der Waals surface area contributed by atoms with E-state index in [0.717, 1.165) is 12.3 Å². The predicted molar refractivity (Wildman–Crippen MR) is 57.6 cm³/mol. The van der Waals surface area contributed by atoms with E-state index in [0.29, 0.717) is 19.0 Å². The van der Waals surface area contributed by atoms with Crippen molar-refractivity contribution < 1.29 is 9.90 Å². The lowest BCUT2D eigenvalue weighted by molar-refractivity contribution is 0.104. The lowest BCUT2D eigenvalue weighted by atomic mass is 9.75. The molecule has 0 bridgehead atoms. The monoisotopic (exact) mass is 212 g/mol. The average Bonchev–Trinajstić information content (AvgIpc) is 2.12. The average molecular weight is 212 g/mol. The third-order valence-electron chi connectivity index (χ3n) is 3.94. The molecule has 0 aromatic heterocycles. The number of hydrogen-bond acceptors (Lipinski definition) is 2. The Morgan fingerprint density at radius 3 is 2.60 bits per heavy atom. The second kappa shape index (κ2) is 4.39. The number of nitrogens with two attached hydrogens (primary N) is 1. The van der Waals surface area contributed by atoms with Crippen LogP contribution in [0.25, 0.3) is 0 Å². The summed E-state index contributed by atoms with van der Waals surface area (Å²) in [7, 11) is 0. The molecule has 86 valence electrons. The maximum absolute atomic E-state index is 10.8. The first-order valence-corrected chi connectivity index (χ1v) is 5.90. The number of rotatable bonds is 2. The molecule has 15 heavy (non-hydrogen) atoms. The first-order chi connectivity index (χ1) is 7.16. The van der Waals surface area contributed by atoms with Gasteiger partial charge in [-0.15, -0.1) is 0 Å². The van der Waals surface area contributed by atoms with Crippen molar-refractivity contribution in [2.75, 3.05) is 13.1 Å². The van der Waals surface area contributed by atoms with Gasteiger partial charge >= 0.3 is 6.09 Å². The van der Waals surface area contributed by atoms with Gasteiger partial charge in [-0.3, -0.25) is 0 Å². The molecule has 1 saturated carbocycles. The number of nitrogens with zero attached hydrogens (tertiary/aromatic N) is 1. The van der Waals surface area contributed by atoms with E-state index in [1.165, 1.54) is 30.6 Å². The number of carboxylic acid groups (broad SMARTS) is 1. The third kappa shape index (κ3) is 2.43. The molecule has 1 amide bonds. The van der Waals surface area contributed by atoms with Gasteiger partial charge in [-0.1, -0.05) is 19.3 Å². The Balaban J connectivity index is 1.80. The van der Waals surface area contributed by atoms with E-state index in [9.17, 15) is 4.79 Å². The van der Waals surface area contributed by atoms with Crippen LogP contribution in [-0.2, 0) is 0 Å². The van der Waals surface area contributed by atoms with Gasteiger partial charge in [0, 0.05) is 19.1 Å². The van der Waals surface area contributed by atoms with Crippen molar-refractivity contribution in [2.45, 2.75) is 38.1 Å². The molecular formula is C11H20N2O2. The molecule has 0 aromatic rings. The molecular weight excluding hydrogens is 192 g/mol. The summed E-state index contributed by atoms with van der Waals surface area (Å²) in [6.07, 6.45) is 5.41. The van der Waals surface area contributed by atoms with Crippen molar-refractivity contribution in [1.29, 1.82) is 0 Å². The Kier molecular flexibility index (Phi) is 3.14. The van der Waals surface area contributed by atoms with Gasteiger partial charge in [0.15, 0.2) is 0 Å². The lowest BCUT2D eigenvalue weighted by Gasteiger charge is -2.38. The fourth-order valence-electron chi connectivity index (χ4n) is 2.65. The van der Waals surface area contributed by atoms with Crippen molar-refractivity contribution in [3.8, 4) is 0 Å². The van der Waals surface area contributed by atoms with Gasteiger partial charge in [-0.25, -0.2) is 4.79 Å². The van der Waals surface area contributed by atoms with E-state index in [-0.39, 0.29) is 6.04 Å². The van der Waals surface area contributed by atoms with E-state index in [2.05, 4.69) is 0 Å².